The van der Waals surface area contributed by atoms with Crippen LogP contribution in [-0.4, -0.2) is 30.5 Å². The molecule has 21 heavy (non-hydrogen) atoms. The Morgan fingerprint density at radius 3 is 2.81 bits per heavy atom. The van der Waals surface area contributed by atoms with Gasteiger partial charge in [-0.25, -0.2) is 4.79 Å². The summed E-state index contributed by atoms with van der Waals surface area (Å²) in [4.78, 5) is 35.5. The number of non-ortho nitro benzene ring substituents is 1. The van der Waals surface area contributed by atoms with E-state index >= 15 is 0 Å². The van der Waals surface area contributed by atoms with Crippen molar-refractivity contribution in [1.82, 2.24) is 0 Å². The Bertz CT molecular complexity index is 626. The van der Waals surface area contributed by atoms with Gasteiger partial charge in [-0.1, -0.05) is 6.08 Å². The number of nitrogens with zero attached hydrogens (tertiary/aromatic N) is 2. The zero-order valence-corrected chi connectivity index (χ0v) is 11.4. The van der Waals surface area contributed by atoms with Crippen molar-refractivity contribution in [2.24, 2.45) is 5.92 Å². The lowest BCUT2D eigenvalue weighted by Crippen LogP contribution is -2.26. The molecule has 7 nitrogen and oxygen atoms in total. The second kappa shape index (κ2) is 5.74. The van der Waals surface area contributed by atoms with E-state index in [-0.39, 0.29) is 35.2 Å². The smallest absolute Gasteiger partial charge is 0.339 e. The van der Waals surface area contributed by atoms with E-state index in [2.05, 4.69) is 11.3 Å². The van der Waals surface area contributed by atoms with Crippen LogP contribution in [0, 0.1) is 16.0 Å². The Labute approximate surface area is 121 Å². The minimum absolute atomic E-state index is 0.0396. The summed E-state index contributed by atoms with van der Waals surface area (Å²) in [5.41, 5.74) is 0.138. The van der Waals surface area contributed by atoms with Crippen LogP contribution in [0.2, 0.25) is 0 Å². The number of ether oxygens (including phenoxy) is 1. The van der Waals surface area contributed by atoms with Crippen LogP contribution in [-0.2, 0) is 9.53 Å². The summed E-state index contributed by atoms with van der Waals surface area (Å²) in [6, 6.07) is 3.73. The van der Waals surface area contributed by atoms with Gasteiger partial charge in [0.25, 0.3) is 5.69 Å². The number of methoxy groups -OCH3 is 1. The van der Waals surface area contributed by atoms with Gasteiger partial charge in [0.1, 0.15) is 0 Å². The third-order valence-electron chi connectivity index (χ3n) is 3.38. The van der Waals surface area contributed by atoms with Gasteiger partial charge in [-0.05, 0) is 6.07 Å². The Hall–Kier alpha value is -2.70. The van der Waals surface area contributed by atoms with E-state index in [9.17, 15) is 19.7 Å². The Morgan fingerprint density at radius 1 is 1.57 bits per heavy atom. The molecular formula is C14H14N2O5. The number of anilines is 1. The number of esters is 1. The van der Waals surface area contributed by atoms with Crippen molar-refractivity contribution in [2.45, 2.75) is 6.42 Å². The van der Waals surface area contributed by atoms with E-state index < -0.39 is 10.9 Å². The predicted molar refractivity (Wildman–Crippen MR) is 75.1 cm³/mol. The van der Waals surface area contributed by atoms with Crippen LogP contribution in [0.1, 0.15) is 16.8 Å². The molecule has 1 aliphatic rings. The molecule has 2 rings (SSSR count). The van der Waals surface area contributed by atoms with Gasteiger partial charge >= 0.3 is 5.97 Å². The van der Waals surface area contributed by atoms with Crippen LogP contribution in [0.3, 0.4) is 0 Å². The van der Waals surface area contributed by atoms with Crippen molar-refractivity contribution in [3.63, 3.8) is 0 Å². The number of carbonyl (C=O) groups excluding carboxylic acids is 2. The van der Waals surface area contributed by atoms with Crippen LogP contribution < -0.4 is 4.90 Å². The Morgan fingerprint density at radius 2 is 2.29 bits per heavy atom. The molecule has 0 N–H and O–H groups in total. The summed E-state index contributed by atoms with van der Waals surface area (Å²) in [5.74, 6) is -0.887. The molecular weight excluding hydrogens is 276 g/mol. The number of rotatable bonds is 4. The Balaban J connectivity index is 2.50. The zero-order valence-electron chi connectivity index (χ0n) is 11.4. The van der Waals surface area contributed by atoms with Gasteiger partial charge < -0.3 is 9.64 Å². The fourth-order valence-electron chi connectivity index (χ4n) is 2.27. The normalized spacial score (nSPS) is 17.7. The molecule has 1 heterocycles. The molecule has 0 aliphatic carbocycles. The summed E-state index contributed by atoms with van der Waals surface area (Å²) >= 11 is 0. The lowest BCUT2D eigenvalue weighted by Gasteiger charge is -2.19. The van der Waals surface area contributed by atoms with Gasteiger partial charge in [-0.15, -0.1) is 6.58 Å². The lowest BCUT2D eigenvalue weighted by atomic mass is 10.1. The summed E-state index contributed by atoms with van der Waals surface area (Å²) in [6.45, 7) is 3.99. The van der Waals surface area contributed by atoms with E-state index in [4.69, 9.17) is 0 Å². The molecule has 1 aromatic rings. The number of nitro groups is 1. The van der Waals surface area contributed by atoms with Gasteiger partial charge in [-0.2, -0.15) is 0 Å². The minimum atomic E-state index is -0.644. The van der Waals surface area contributed by atoms with Crippen molar-refractivity contribution < 1.29 is 19.2 Å². The van der Waals surface area contributed by atoms with Gasteiger partial charge in [0.15, 0.2) is 0 Å². The van der Waals surface area contributed by atoms with Crippen molar-refractivity contribution in [2.75, 3.05) is 18.6 Å². The highest BCUT2D eigenvalue weighted by atomic mass is 16.6. The predicted octanol–water partition coefficient (Wildman–Crippen LogP) is 1.92. The molecule has 0 aromatic heterocycles. The van der Waals surface area contributed by atoms with Crippen molar-refractivity contribution in [1.29, 1.82) is 0 Å². The Kier molecular flexibility index (Phi) is 4.02. The average Bonchev–Trinajstić information content (AvgIpc) is 2.86. The maximum Gasteiger partial charge on any atom is 0.339 e. The number of hydrogen-bond acceptors (Lipinski definition) is 5. The van der Waals surface area contributed by atoms with Crippen LogP contribution in [0.4, 0.5) is 11.4 Å². The molecule has 1 aliphatic heterocycles. The van der Waals surface area contributed by atoms with E-state index in [1.54, 1.807) is 6.08 Å². The van der Waals surface area contributed by atoms with Crippen LogP contribution in [0.25, 0.3) is 0 Å². The SMILES string of the molecule is C=CC1CC(=O)N(c2cc([N+](=O)[O-])ccc2C(=O)OC)C1. The number of amides is 1. The van der Waals surface area contributed by atoms with E-state index in [0.29, 0.717) is 6.54 Å². The molecule has 7 heteroatoms. The molecule has 1 fully saturated rings. The van der Waals surface area contributed by atoms with E-state index in [0.717, 1.165) is 0 Å². The second-order valence-corrected chi connectivity index (χ2v) is 4.65. The molecule has 1 amide bonds. The fraction of sp³-hybridized carbons (Fsp3) is 0.286. The van der Waals surface area contributed by atoms with Gasteiger partial charge in [0.2, 0.25) is 5.91 Å². The van der Waals surface area contributed by atoms with Crippen LogP contribution in [0.5, 0.6) is 0 Å². The molecule has 0 saturated carbocycles. The molecule has 1 unspecified atom stereocenters. The molecule has 1 saturated heterocycles. The zero-order chi connectivity index (χ0) is 15.6. The average molecular weight is 290 g/mol. The summed E-state index contributed by atoms with van der Waals surface area (Å²) in [7, 11) is 1.21. The number of benzene rings is 1. The third kappa shape index (κ3) is 2.76. The topological polar surface area (TPSA) is 89.8 Å². The van der Waals surface area contributed by atoms with E-state index in [1.807, 2.05) is 0 Å². The highest BCUT2D eigenvalue weighted by Crippen LogP contribution is 2.32. The fourth-order valence-corrected chi connectivity index (χ4v) is 2.27. The number of nitro benzene ring substituents is 1. The van der Waals surface area contributed by atoms with E-state index in [1.165, 1.54) is 30.2 Å². The number of hydrogen-bond donors (Lipinski definition) is 0. The quantitative estimate of drug-likeness (QED) is 0.366. The minimum Gasteiger partial charge on any atom is -0.465 e. The lowest BCUT2D eigenvalue weighted by molar-refractivity contribution is -0.384. The molecule has 0 bridgehead atoms. The van der Waals surface area contributed by atoms with Crippen LogP contribution in [0.15, 0.2) is 30.9 Å². The molecule has 0 radical (unpaired) electrons. The molecule has 1 aromatic carbocycles. The summed E-state index contributed by atoms with van der Waals surface area (Å²) < 4.78 is 4.66. The first-order valence-electron chi connectivity index (χ1n) is 6.27. The standard InChI is InChI=1S/C14H14N2O5/c1-3-9-6-13(17)15(8-9)12-7-10(16(19)20)4-5-11(12)14(18)21-2/h3-5,7,9H,1,6,8H2,2H3. The highest BCUT2D eigenvalue weighted by Gasteiger charge is 2.32. The van der Waals surface area contributed by atoms with Crippen LogP contribution >= 0.6 is 0 Å². The van der Waals surface area contributed by atoms with Crippen molar-refractivity contribution >= 4 is 23.3 Å². The molecule has 110 valence electrons. The summed E-state index contributed by atoms with van der Waals surface area (Å²) in [6.07, 6.45) is 1.93. The third-order valence-corrected chi connectivity index (χ3v) is 3.38. The first-order valence-corrected chi connectivity index (χ1v) is 6.27. The second-order valence-electron chi connectivity index (χ2n) is 4.65. The first-order chi connectivity index (χ1) is 9.97. The van der Waals surface area contributed by atoms with Gasteiger partial charge in [-0.3, -0.25) is 14.9 Å². The van der Waals surface area contributed by atoms with Gasteiger partial charge in [0.05, 0.1) is 23.3 Å². The highest BCUT2D eigenvalue weighted by molar-refractivity contribution is 6.04. The van der Waals surface area contributed by atoms with Crippen molar-refractivity contribution in [3.8, 4) is 0 Å². The monoisotopic (exact) mass is 290 g/mol. The molecule has 1 atom stereocenters. The summed E-state index contributed by atoms with van der Waals surface area (Å²) in [5, 5.41) is 10.9. The first kappa shape index (κ1) is 14.7. The van der Waals surface area contributed by atoms with Crippen molar-refractivity contribution in [3.05, 3.63) is 46.5 Å². The maximum absolute atomic E-state index is 12.0. The number of carbonyl (C=O) groups is 2. The maximum atomic E-state index is 12.0. The largest absolute Gasteiger partial charge is 0.465 e. The molecule has 0 spiro atoms. The van der Waals surface area contributed by atoms with Gasteiger partial charge in [0, 0.05) is 31.0 Å².